The van der Waals surface area contributed by atoms with Gasteiger partial charge in [0, 0.05) is 17.2 Å². The summed E-state index contributed by atoms with van der Waals surface area (Å²) in [6, 6.07) is 14.3. The second-order valence-electron chi connectivity index (χ2n) is 5.94. The minimum absolute atomic E-state index is 0.0878. The van der Waals surface area contributed by atoms with Crippen molar-refractivity contribution in [3.8, 4) is 22.7 Å². The van der Waals surface area contributed by atoms with Gasteiger partial charge in [0.15, 0.2) is 0 Å². The first-order chi connectivity index (χ1) is 11.8. The Morgan fingerprint density at radius 2 is 1.56 bits per heavy atom. The van der Waals surface area contributed by atoms with E-state index >= 15 is 0 Å². The minimum atomic E-state index is -4.36. The number of nitrogens with zero attached hydrogens (tertiary/aromatic N) is 1. The van der Waals surface area contributed by atoms with Crippen LogP contribution < -0.4 is 5.32 Å². The van der Waals surface area contributed by atoms with E-state index in [1.54, 1.807) is 0 Å². The number of alkyl halides is 3. The molecule has 0 fully saturated rings. The van der Waals surface area contributed by atoms with Crippen molar-refractivity contribution in [2.24, 2.45) is 0 Å². The summed E-state index contributed by atoms with van der Waals surface area (Å²) in [4.78, 5) is 4.49. The fraction of sp³-hybridized carbons (Fsp3) is 0.211. The number of benzene rings is 2. The highest BCUT2D eigenvalue weighted by molar-refractivity contribution is 5.74. The zero-order valence-corrected chi connectivity index (χ0v) is 13.8. The maximum Gasteiger partial charge on any atom is 0.416 e. The summed E-state index contributed by atoms with van der Waals surface area (Å²) in [5.41, 5.74) is 1.15. The van der Waals surface area contributed by atoms with Gasteiger partial charge in [0.1, 0.15) is 5.69 Å². The summed E-state index contributed by atoms with van der Waals surface area (Å²) in [6.07, 6.45) is -4.36. The molecule has 0 amide bonds. The highest BCUT2D eigenvalue weighted by Crippen LogP contribution is 2.35. The first kappa shape index (κ1) is 17.1. The van der Waals surface area contributed by atoms with Gasteiger partial charge in [0.05, 0.1) is 5.56 Å². The monoisotopic (exact) mass is 346 g/mol. The van der Waals surface area contributed by atoms with Gasteiger partial charge < -0.3 is 9.73 Å². The highest BCUT2D eigenvalue weighted by Gasteiger charge is 2.30. The third-order valence-electron chi connectivity index (χ3n) is 3.55. The molecule has 2 aromatic carbocycles. The van der Waals surface area contributed by atoms with E-state index < -0.39 is 11.7 Å². The maximum absolute atomic E-state index is 12.8. The molecule has 0 aliphatic heterocycles. The van der Waals surface area contributed by atoms with Crippen molar-refractivity contribution < 1.29 is 17.6 Å². The van der Waals surface area contributed by atoms with Crippen molar-refractivity contribution in [2.75, 3.05) is 5.32 Å². The molecule has 3 rings (SSSR count). The van der Waals surface area contributed by atoms with E-state index in [1.807, 2.05) is 44.2 Å². The zero-order chi connectivity index (χ0) is 18.0. The number of hydrogen-bond donors (Lipinski definition) is 1. The van der Waals surface area contributed by atoms with Gasteiger partial charge in [-0.15, -0.1) is 0 Å². The van der Waals surface area contributed by atoms with Crippen LogP contribution in [0.5, 0.6) is 0 Å². The van der Waals surface area contributed by atoms with Gasteiger partial charge in [0.25, 0.3) is 0 Å². The van der Waals surface area contributed by atoms with E-state index in [0.29, 0.717) is 23.0 Å². The van der Waals surface area contributed by atoms with Crippen LogP contribution in [-0.2, 0) is 6.18 Å². The normalized spacial score (nSPS) is 11.8. The molecule has 0 aliphatic carbocycles. The molecule has 25 heavy (non-hydrogen) atoms. The standard InChI is InChI=1S/C19H17F3N2O/c1-12(2)23-18-16(13-8-10-15(11-9-13)19(20,21)22)24-17(25-18)14-6-4-3-5-7-14/h3-12,23H,1-2H3. The molecule has 0 aliphatic rings. The molecule has 1 heterocycles. The van der Waals surface area contributed by atoms with Crippen molar-refractivity contribution in [3.63, 3.8) is 0 Å². The van der Waals surface area contributed by atoms with Crippen molar-refractivity contribution >= 4 is 5.88 Å². The average molecular weight is 346 g/mol. The Morgan fingerprint density at radius 3 is 2.12 bits per heavy atom. The molecule has 0 spiro atoms. The van der Waals surface area contributed by atoms with Gasteiger partial charge in [0.2, 0.25) is 11.8 Å². The highest BCUT2D eigenvalue weighted by atomic mass is 19.4. The molecule has 0 unspecified atom stereocenters. The Morgan fingerprint density at radius 1 is 0.920 bits per heavy atom. The fourth-order valence-corrected chi connectivity index (χ4v) is 2.40. The van der Waals surface area contributed by atoms with E-state index in [4.69, 9.17) is 4.42 Å². The van der Waals surface area contributed by atoms with Crippen molar-refractivity contribution in [2.45, 2.75) is 26.1 Å². The largest absolute Gasteiger partial charge is 0.420 e. The Balaban J connectivity index is 2.03. The number of halogens is 3. The van der Waals surface area contributed by atoms with Gasteiger partial charge in [-0.3, -0.25) is 0 Å². The van der Waals surface area contributed by atoms with Crippen LogP contribution in [0.1, 0.15) is 19.4 Å². The quantitative estimate of drug-likeness (QED) is 0.644. The van der Waals surface area contributed by atoms with Gasteiger partial charge in [-0.05, 0) is 38.1 Å². The number of aromatic nitrogens is 1. The number of anilines is 1. The van der Waals surface area contributed by atoms with Crippen LogP contribution in [0.4, 0.5) is 19.1 Å². The van der Waals surface area contributed by atoms with Crippen molar-refractivity contribution in [1.82, 2.24) is 4.98 Å². The minimum Gasteiger partial charge on any atom is -0.420 e. The average Bonchev–Trinajstić information content (AvgIpc) is 2.98. The van der Waals surface area contributed by atoms with Crippen LogP contribution in [0, 0.1) is 0 Å². The molecule has 1 aromatic heterocycles. The lowest BCUT2D eigenvalue weighted by atomic mass is 10.1. The first-order valence-electron chi connectivity index (χ1n) is 7.85. The summed E-state index contributed by atoms with van der Waals surface area (Å²) in [7, 11) is 0. The summed E-state index contributed by atoms with van der Waals surface area (Å²) in [5, 5.41) is 3.16. The lowest BCUT2D eigenvalue weighted by Crippen LogP contribution is -2.09. The molecule has 0 bridgehead atoms. The smallest absolute Gasteiger partial charge is 0.416 e. The Hall–Kier alpha value is -2.76. The predicted octanol–water partition coefficient (Wildman–Crippen LogP) is 5.85. The zero-order valence-electron chi connectivity index (χ0n) is 13.8. The summed E-state index contributed by atoms with van der Waals surface area (Å²) < 4.78 is 44.1. The van der Waals surface area contributed by atoms with Crippen molar-refractivity contribution in [3.05, 3.63) is 60.2 Å². The lowest BCUT2D eigenvalue weighted by Gasteiger charge is -2.09. The van der Waals surface area contributed by atoms with E-state index in [0.717, 1.165) is 17.7 Å². The third-order valence-corrected chi connectivity index (χ3v) is 3.55. The predicted molar refractivity (Wildman–Crippen MR) is 91.1 cm³/mol. The Labute approximate surface area is 143 Å². The molecule has 6 heteroatoms. The molecule has 0 radical (unpaired) electrons. The van der Waals surface area contributed by atoms with E-state index in [1.165, 1.54) is 12.1 Å². The van der Waals surface area contributed by atoms with Crippen LogP contribution in [-0.4, -0.2) is 11.0 Å². The van der Waals surface area contributed by atoms with Crippen LogP contribution >= 0.6 is 0 Å². The number of oxazole rings is 1. The molecule has 130 valence electrons. The van der Waals surface area contributed by atoms with Crippen molar-refractivity contribution in [1.29, 1.82) is 0 Å². The van der Waals surface area contributed by atoms with Gasteiger partial charge in [-0.25, -0.2) is 4.98 Å². The maximum atomic E-state index is 12.8. The van der Waals surface area contributed by atoms with Crippen LogP contribution in [0.2, 0.25) is 0 Å². The van der Waals surface area contributed by atoms with E-state index in [2.05, 4.69) is 10.3 Å². The second-order valence-corrected chi connectivity index (χ2v) is 5.94. The molecule has 3 nitrogen and oxygen atoms in total. The first-order valence-corrected chi connectivity index (χ1v) is 7.85. The Kier molecular flexibility index (Phi) is 4.53. The molecule has 0 atom stereocenters. The van der Waals surface area contributed by atoms with Crippen LogP contribution in [0.15, 0.2) is 59.0 Å². The van der Waals surface area contributed by atoms with E-state index in [-0.39, 0.29) is 6.04 Å². The molecule has 0 saturated heterocycles. The second kappa shape index (κ2) is 6.63. The summed E-state index contributed by atoms with van der Waals surface area (Å²) in [5.74, 6) is 0.854. The summed E-state index contributed by atoms with van der Waals surface area (Å²) >= 11 is 0. The number of nitrogens with one attached hydrogen (secondary N) is 1. The molecule has 1 N–H and O–H groups in total. The molecular formula is C19H17F3N2O. The van der Waals surface area contributed by atoms with Gasteiger partial charge in [-0.2, -0.15) is 13.2 Å². The summed E-state index contributed by atoms with van der Waals surface area (Å²) in [6.45, 7) is 3.89. The SMILES string of the molecule is CC(C)Nc1oc(-c2ccccc2)nc1-c1ccc(C(F)(F)F)cc1. The fourth-order valence-electron chi connectivity index (χ4n) is 2.40. The van der Waals surface area contributed by atoms with E-state index in [9.17, 15) is 13.2 Å². The lowest BCUT2D eigenvalue weighted by molar-refractivity contribution is -0.137. The Bertz CT molecular complexity index is 837. The number of hydrogen-bond acceptors (Lipinski definition) is 3. The molecular weight excluding hydrogens is 329 g/mol. The number of rotatable bonds is 4. The van der Waals surface area contributed by atoms with Crippen LogP contribution in [0.25, 0.3) is 22.7 Å². The molecule has 3 aromatic rings. The molecule has 0 saturated carbocycles. The van der Waals surface area contributed by atoms with Gasteiger partial charge >= 0.3 is 6.18 Å². The topological polar surface area (TPSA) is 38.1 Å². The van der Waals surface area contributed by atoms with Crippen LogP contribution in [0.3, 0.4) is 0 Å². The third kappa shape index (κ3) is 3.84. The van der Waals surface area contributed by atoms with Gasteiger partial charge in [-0.1, -0.05) is 30.3 Å².